The van der Waals surface area contributed by atoms with E-state index in [9.17, 15) is 5.11 Å². The van der Waals surface area contributed by atoms with Crippen molar-refractivity contribution in [3.05, 3.63) is 83.6 Å². The van der Waals surface area contributed by atoms with Crippen LogP contribution in [0.4, 0.5) is 0 Å². The van der Waals surface area contributed by atoms with Crippen LogP contribution in [0.5, 0.6) is 5.75 Å². The lowest BCUT2D eigenvalue weighted by Gasteiger charge is -2.43. The first kappa shape index (κ1) is 23.5. The number of aromatic hydroxyl groups is 1. The predicted molar refractivity (Wildman–Crippen MR) is 131 cm³/mol. The fraction of sp³-hybridized carbons (Fsp3) is 0.320. The van der Waals surface area contributed by atoms with Crippen molar-refractivity contribution in [2.75, 3.05) is 6.61 Å². The number of aromatic nitrogens is 1. The quantitative estimate of drug-likeness (QED) is 0.405. The van der Waals surface area contributed by atoms with Crippen molar-refractivity contribution in [1.82, 2.24) is 4.98 Å². The lowest BCUT2D eigenvalue weighted by Crippen LogP contribution is -2.66. The number of halogens is 1. The monoisotopic (exact) mass is 454 g/mol. The van der Waals surface area contributed by atoms with Crippen LogP contribution in [0.3, 0.4) is 0 Å². The second kappa shape index (κ2) is 9.13. The summed E-state index contributed by atoms with van der Waals surface area (Å²) in [6.07, 6.45) is 2.08. The molecule has 3 N–H and O–H groups in total. The molecule has 0 fully saturated rings. The zero-order valence-electron chi connectivity index (χ0n) is 18.6. The third-order valence-corrected chi connectivity index (χ3v) is 11.2. The predicted octanol–water partition coefficient (Wildman–Crippen LogP) is 4.58. The van der Waals surface area contributed by atoms with Gasteiger partial charge in [-0.2, -0.15) is 0 Å². The fourth-order valence-electron chi connectivity index (χ4n) is 4.20. The highest BCUT2D eigenvalue weighted by Crippen LogP contribution is 2.38. The fourth-order valence-corrected chi connectivity index (χ4v) is 8.92. The van der Waals surface area contributed by atoms with E-state index in [-0.39, 0.29) is 15.9 Å². The van der Waals surface area contributed by atoms with Gasteiger partial charge < -0.3 is 15.3 Å². The Morgan fingerprint density at radius 3 is 1.94 bits per heavy atom. The van der Waals surface area contributed by atoms with Crippen molar-refractivity contribution in [2.45, 2.75) is 44.7 Å². The van der Waals surface area contributed by atoms with E-state index in [1.165, 1.54) is 10.4 Å². The molecule has 164 valence electrons. The topological polar surface area (TPSA) is 68.4 Å². The summed E-state index contributed by atoms with van der Waals surface area (Å²) in [7, 11) is -2.63. The van der Waals surface area contributed by atoms with Gasteiger partial charge in [0.1, 0.15) is 0 Å². The molecule has 0 saturated carbocycles. The van der Waals surface area contributed by atoms with Crippen LogP contribution in [0.15, 0.2) is 72.9 Å². The van der Waals surface area contributed by atoms with Crippen molar-refractivity contribution >= 4 is 30.3 Å². The van der Waals surface area contributed by atoms with Gasteiger partial charge in [-0.3, -0.25) is 0 Å². The summed E-state index contributed by atoms with van der Waals surface area (Å²) in [4.78, 5) is 3.92. The Balaban J connectivity index is 1.97. The van der Waals surface area contributed by atoms with Crippen LogP contribution in [0.25, 0.3) is 0 Å². The van der Waals surface area contributed by atoms with Gasteiger partial charge in [0.15, 0.2) is 10.9 Å². The molecule has 3 aromatic rings. The highest BCUT2D eigenvalue weighted by Gasteiger charge is 2.50. The smallest absolute Gasteiger partial charge is 0.261 e. The molecule has 2 aromatic carbocycles. The van der Waals surface area contributed by atoms with Crippen LogP contribution in [-0.2, 0) is 9.96 Å². The molecular formula is C25H31ClN2O2Si. The largest absolute Gasteiger partial charge is 0.504 e. The number of hydrogen-bond acceptors (Lipinski definition) is 4. The highest BCUT2D eigenvalue weighted by atomic mass is 35.5. The number of nitrogens with zero attached hydrogens (tertiary/aromatic N) is 1. The maximum Gasteiger partial charge on any atom is 0.261 e. The summed E-state index contributed by atoms with van der Waals surface area (Å²) < 4.78 is 6.92. The van der Waals surface area contributed by atoms with E-state index < -0.39 is 13.9 Å². The van der Waals surface area contributed by atoms with Crippen molar-refractivity contribution < 1.29 is 9.53 Å². The molecule has 3 rings (SSSR count). The molecule has 0 aliphatic heterocycles. The maximum atomic E-state index is 10.4. The van der Waals surface area contributed by atoms with E-state index in [4.69, 9.17) is 21.8 Å². The summed E-state index contributed by atoms with van der Waals surface area (Å²) in [5.74, 6) is -0.0698. The summed E-state index contributed by atoms with van der Waals surface area (Å²) in [6, 6.07) is 22.7. The number of hydrogen-bond donors (Lipinski definition) is 2. The van der Waals surface area contributed by atoms with Gasteiger partial charge in [-0.25, -0.2) is 4.98 Å². The van der Waals surface area contributed by atoms with Crippen LogP contribution in [0.1, 0.15) is 39.7 Å². The molecule has 0 aliphatic carbocycles. The molecule has 1 aromatic heterocycles. The first-order valence-corrected chi connectivity index (χ1v) is 12.8. The van der Waals surface area contributed by atoms with E-state index in [0.717, 1.165) is 0 Å². The van der Waals surface area contributed by atoms with Crippen LogP contribution < -0.4 is 16.1 Å². The minimum atomic E-state index is -2.63. The third kappa shape index (κ3) is 4.70. The molecule has 0 unspecified atom stereocenters. The average molecular weight is 455 g/mol. The number of benzene rings is 2. The van der Waals surface area contributed by atoms with Crippen molar-refractivity contribution in [3.63, 3.8) is 0 Å². The molecule has 0 amide bonds. The van der Waals surface area contributed by atoms with Crippen LogP contribution in [0.2, 0.25) is 10.2 Å². The van der Waals surface area contributed by atoms with Gasteiger partial charge in [0.2, 0.25) is 0 Å². The molecule has 6 heteroatoms. The molecule has 0 bridgehead atoms. The van der Waals surface area contributed by atoms with E-state index in [0.29, 0.717) is 18.6 Å². The van der Waals surface area contributed by atoms with E-state index >= 15 is 0 Å². The van der Waals surface area contributed by atoms with Gasteiger partial charge in [0, 0.05) is 23.9 Å². The third-order valence-electron chi connectivity index (χ3n) is 5.85. The standard InChI is InChI=1S/C25H31ClN2O2Si/c1-24(2,3)31(19-11-7-5-8-12-19,20-13-9-6-10-14-20)30-18-16-25(4,27)21-15-17-28-23(26)22(21)29/h5-15,17,29H,16,18,27H2,1-4H3/t25-/m0/s1. The summed E-state index contributed by atoms with van der Waals surface area (Å²) >= 11 is 6.01. The Labute approximate surface area is 191 Å². The van der Waals surface area contributed by atoms with Crippen LogP contribution >= 0.6 is 11.6 Å². The number of pyridine rings is 1. The molecule has 0 spiro atoms. The molecule has 31 heavy (non-hydrogen) atoms. The van der Waals surface area contributed by atoms with Gasteiger partial charge in [-0.15, -0.1) is 0 Å². The molecule has 0 saturated heterocycles. The van der Waals surface area contributed by atoms with Gasteiger partial charge in [0.25, 0.3) is 8.32 Å². The summed E-state index contributed by atoms with van der Waals surface area (Å²) in [5, 5.41) is 12.8. The Kier molecular flexibility index (Phi) is 6.91. The number of nitrogens with two attached hydrogens (primary N) is 1. The van der Waals surface area contributed by atoms with E-state index in [1.807, 2.05) is 19.1 Å². The Bertz CT molecular complexity index is 966. The normalized spacial score (nSPS) is 14.3. The lowest BCUT2D eigenvalue weighted by molar-refractivity contribution is 0.251. The van der Waals surface area contributed by atoms with Gasteiger partial charge in [0.05, 0.1) is 0 Å². The van der Waals surface area contributed by atoms with Crippen LogP contribution in [-0.4, -0.2) is 25.0 Å². The SMILES string of the molecule is CC(C)(C)[Si](OCC[C@](C)(N)c1ccnc(Cl)c1O)(c1ccccc1)c1ccccc1. The Morgan fingerprint density at radius 2 is 1.45 bits per heavy atom. The zero-order valence-corrected chi connectivity index (χ0v) is 20.4. The second-order valence-corrected chi connectivity index (χ2v) is 13.8. The molecule has 4 nitrogen and oxygen atoms in total. The molecule has 1 heterocycles. The molecule has 1 atom stereocenters. The van der Waals surface area contributed by atoms with Crippen molar-refractivity contribution in [1.29, 1.82) is 0 Å². The molecule has 0 aliphatic rings. The summed E-state index contributed by atoms with van der Waals surface area (Å²) in [6.45, 7) is 9.06. The zero-order chi connectivity index (χ0) is 22.7. The lowest BCUT2D eigenvalue weighted by atomic mass is 9.90. The van der Waals surface area contributed by atoms with Crippen LogP contribution in [0, 0.1) is 0 Å². The van der Waals surface area contributed by atoms with E-state index in [1.54, 1.807) is 12.3 Å². The summed E-state index contributed by atoms with van der Waals surface area (Å²) in [5.41, 5.74) is 6.36. The number of rotatable bonds is 7. The Hall–Kier alpha value is -2.18. The Morgan fingerprint density at radius 1 is 0.935 bits per heavy atom. The van der Waals surface area contributed by atoms with Gasteiger partial charge >= 0.3 is 0 Å². The second-order valence-electron chi connectivity index (χ2n) is 9.18. The maximum absolute atomic E-state index is 10.4. The van der Waals surface area contributed by atoms with Gasteiger partial charge in [-0.05, 0) is 34.8 Å². The van der Waals surface area contributed by atoms with Crippen molar-refractivity contribution in [2.24, 2.45) is 5.73 Å². The molecular weight excluding hydrogens is 424 g/mol. The minimum absolute atomic E-state index is 0.0575. The molecule has 0 radical (unpaired) electrons. The first-order chi connectivity index (χ1) is 14.6. The van der Waals surface area contributed by atoms with E-state index in [2.05, 4.69) is 74.3 Å². The van der Waals surface area contributed by atoms with Crippen molar-refractivity contribution in [3.8, 4) is 5.75 Å². The average Bonchev–Trinajstić information content (AvgIpc) is 2.73. The highest BCUT2D eigenvalue weighted by molar-refractivity contribution is 6.99. The van der Waals surface area contributed by atoms with Gasteiger partial charge in [-0.1, -0.05) is 93.0 Å². The first-order valence-electron chi connectivity index (χ1n) is 10.5. The minimum Gasteiger partial charge on any atom is -0.504 e.